The molecule has 1 fully saturated rings. The van der Waals surface area contributed by atoms with Crippen LogP contribution in [0.15, 0.2) is 91.0 Å². The summed E-state index contributed by atoms with van der Waals surface area (Å²) in [5, 5.41) is 14.4. The van der Waals surface area contributed by atoms with Gasteiger partial charge < -0.3 is 26.1 Å². The molecular weight excluding hydrogens is 522 g/mol. The SMILES string of the molecule is N=C(N)c1ccc2cc(C(=O)NC3CCC(N)CC3)n(Cc3ccc(COCc4ccccc4)c4ccccc34)c2c1. The number of ether oxygens (including phenoxy) is 1. The maximum Gasteiger partial charge on any atom is 0.268 e. The van der Waals surface area contributed by atoms with Gasteiger partial charge in [-0.1, -0.05) is 78.9 Å². The summed E-state index contributed by atoms with van der Waals surface area (Å²) in [6.45, 7) is 1.55. The Balaban J connectivity index is 1.33. The van der Waals surface area contributed by atoms with Gasteiger partial charge in [0.1, 0.15) is 11.5 Å². The number of rotatable bonds is 9. The molecule has 0 spiro atoms. The summed E-state index contributed by atoms with van der Waals surface area (Å²) in [5.74, 6) is -0.0919. The van der Waals surface area contributed by atoms with Crippen molar-refractivity contribution in [2.24, 2.45) is 11.5 Å². The van der Waals surface area contributed by atoms with E-state index in [4.69, 9.17) is 21.6 Å². The Bertz CT molecular complexity index is 1740. The fraction of sp³-hybridized carbons (Fsp3) is 0.257. The summed E-state index contributed by atoms with van der Waals surface area (Å²) < 4.78 is 8.14. The van der Waals surface area contributed by atoms with Gasteiger partial charge in [0.15, 0.2) is 0 Å². The Morgan fingerprint density at radius 2 is 1.55 bits per heavy atom. The smallest absolute Gasteiger partial charge is 0.268 e. The minimum absolute atomic E-state index is 0.000462. The molecule has 214 valence electrons. The zero-order valence-corrected chi connectivity index (χ0v) is 23.7. The quantitative estimate of drug-likeness (QED) is 0.134. The molecule has 0 atom stereocenters. The normalized spacial score (nSPS) is 17.0. The minimum Gasteiger partial charge on any atom is -0.384 e. The van der Waals surface area contributed by atoms with E-state index in [1.807, 2.05) is 54.6 Å². The topological polar surface area (TPSA) is 119 Å². The molecule has 1 aliphatic rings. The molecule has 0 aliphatic heterocycles. The maximum atomic E-state index is 13.7. The molecule has 0 bridgehead atoms. The molecule has 5 aromatic rings. The lowest BCUT2D eigenvalue weighted by Gasteiger charge is -2.27. The van der Waals surface area contributed by atoms with Crippen LogP contribution in [0.1, 0.15) is 58.4 Å². The van der Waals surface area contributed by atoms with Crippen molar-refractivity contribution in [3.8, 4) is 0 Å². The lowest BCUT2D eigenvalue weighted by Crippen LogP contribution is -2.41. The summed E-state index contributed by atoms with van der Waals surface area (Å²) in [6, 6.07) is 30.7. The number of nitrogens with one attached hydrogen (secondary N) is 2. The summed E-state index contributed by atoms with van der Waals surface area (Å²) in [7, 11) is 0. The number of benzene rings is 4. The van der Waals surface area contributed by atoms with Gasteiger partial charge in [-0.05, 0) is 65.3 Å². The van der Waals surface area contributed by atoms with Gasteiger partial charge >= 0.3 is 0 Å². The number of carbonyl (C=O) groups excluding carboxylic acids is 1. The first kappa shape index (κ1) is 27.7. The molecule has 1 aliphatic carbocycles. The fourth-order valence-electron chi connectivity index (χ4n) is 6.01. The average molecular weight is 560 g/mol. The van der Waals surface area contributed by atoms with Crippen molar-refractivity contribution in [1.29, 1.82) is 5.41 Å². The largest absolute Gasteiger partial charge is 0.384 e. The third-order valence-corrected chi connectivity index (χ3v) is 8.36. The molecule has 1 saturated carbocycles. The molecule has 7 nitrogen and oxygen atoms in total. The predicted molar refractivity (Wildman–Crippen MR) is 169 cm³/mol. The van der Waals surface area contributed by atoms with Crippen molar-refractivity contribution >= 4 is 33.4 Å². The fourth-order valence-corrected chi connectivity index (χ4v) is 6.01. The molecule has 1 amide bonds. The Kier molecular flexibility index (Phi) is 8.04. The number of fused-ring (bicyclic) bond motifs is 2. The summed E-state index contributed by atoms with van der Waals surface area (Å²) in [6.07, 6.45) is 3.62. The van der Waals surface area contributed by atoms with Crippen molar-refractivity contribution in [2.45, 2.75) is 57.5 Å². The van der Waals surface area contributed by atoms with Crippen LogP contribution in [0.25, 0.3) is 21.7 Å². The van der Waals surface area contributed by atoms with Crippen LogP contribution in [0.5, 0.6) is 0 Å². The van der Waals surface area contributed by atoms with Gasteiger partial charge in [0.25, 0.3) is 5.91 Å². The van der Waals surface area contributed by atoms with Gasteiger partial charge in [-0.3, -0.25) is 10.2 Å². The third kappa shape index (κ3) is 5.93. The maximum absolute atomic E-state index is 13.7. The number of hydrogen-bond donors (Lipinski definition) is 4. The molecule has 0 saturated heterocycles. The first-order valence-electron chi connectivity index (χ1n) is 14.6. The van der Waals surface area contributed by atoms with Crippen LogP contribution in [0.2, 0.25) is 0 Å². The van der Waals surface area contributed by atoms with Crippen molar-refractivity contribution in [1.82, 2.24) is 9.88 Å². The standard InChI is InChI=1S/C35H37N5O2/c36-28-14-16-29(17-15-28)39-35(41)33-18-24-10-11-25(34(37)38)19-32(24)40(33)20-26-12-13-27(31-9-5-4-8-30(26)31)22-42-21-23-6-2-1-3-7-23/h1-13,18-19,28-29H,14-17,20-22,36H2,(H3,37,38)(H,39,41). The van der Waals surface area contributed by atoms with E-state index in [1.165, 1.54) is 0 Å². The molecule has 0 radical (unpaired) electrons. The molecule has 42 heavy (non-hydrogen) atoms. The highest BCUT2D eigenvalue weighted by molar-refractivity contribution is 6.02. The number of carbonyl (C=O) groups is 1. The minimum atomic E-state index is -0.0914. The van der Waals surface area contributed by atoms with Crippen LogP contribution in [-0.4, -0.2) is 28.4 Å². The van der Waals surface area contributed by atoms with E-state index in [9.17, 15) is 4.79 Å². The zero-order chi connectivity index (χ0) is 29.1. The van der Waals surface area contributed by atoms with Crippen LogP contribution in [0.3, 0.4) is 0 Å². The van der Waals surface area contributed by atoms with Gasteiger partial charge in [-0.2, -0.15) is 0 Å². The van der Waals surface area contributed by atoms with Gasteiger partial charge in [0, 0.05) is 35.1 Å². The van der Waals surface area contributed by atoms with Crippen molar-refractivity contribution < 1.29 is 9.53 Å². The average Bonchev–Trinajstić information content (AvgIpc) is 3.37. The number of nitrogens with zero attached hydrogens (tertiary/aromatic N) is 1. The predicted octanol–water partition coefficient (Wildman–Crippen LogP) is 5.84. The van der Waals surface area contributed by atoms with E-state index < -0.39 is 0 Å². The first-order valence-corrected chi connectivity index (χ1v) is 14.6. The lowest BCUT2D eigenvalue weighted by molar-refractivity contribution is 0.0917. The number of nitrogen functional groups attached to an aromatic ring is 1. The van der Waals surface area contributed by atoms with Crippen molar-refractivity contribution in [3.05, 3.63) is 119 Å². The zero-order valence-electron chi connectivity index (χ0n) is 23.7. The monoisotopic (exact) mass is 559 g/mol. The number of nitrogens with two attached hydrogens (primary N) is 2. The van der Waals surface area contributed by atoms with Crippen LogP contribution < -0.4 is 16.8 Å². The van der Waals surface area contributed by atoms with E-state index in [1.54, 1.807) is 0 Å². The van der Waals surface area contributed by atoms with E-state index in [2.05, 4.69) is 46.3 Å². The van der Waals surface area contributed by atoms with Crippen molar-refractivity contribution in [2.75, 3.05) is 0 Å². The number of hydrogen-bond acceptors (Lipinski definition) is 4. The van der Waals surface area contributed by atoms with Gasteiger partial charge in [0.2, 0.25) is 0 Å². The Hall–Kier alpha value is -4.46. The second kappa shape index (κ2) is 12.2. The van der Waals surface area contributed by atoms with E-state index in [0.717, 1.165) is 64.0 Å². The Morgan fingerprint density at radius 3 is 2.29 bits per heavy atom. The van der Waals surface area contributed by atoms with Crippen LogP contribution in [0.4, 0.5) is 0 Å². The molecule has 1 aromatic heterocycles. The molecule has 6 rings (SSSR count). The summed E-state index contributed by atoms with van der Waals surface area (Å²) >= 11 is 0. The second-order valence-corrected chi connectivity index (χ2v) is 11.3. The highest BCUT2D eigenvalue weighted by Crippen LogP contribution is 2.29. The summed E-state index contributed by atoms with van der Waals surface area (Å²) in [4.78, 5) is 13.7. The molecule has 0 unspecified atom stereocenters. The molecule has 4 aromatic carbocycles. The van der Waals surface area contributed by atoms with Crippen LogP contribution >= 0.6 is 0 Å². The van der Waals surface area contributed by atoms with Crippen LogP contribution in [0, 0.1) is 5.41 Å². The highest BCUT2D eigenvalue weighted by Gasteiger charge is 2.23. The van der Waals surface area contributed by atoms with Crippen LogP contribution in [-0.2, 0) is 24.5 Å². The third-order valence-electron chi connectivity index (χ3n) is 8.36. The van der Waals surface area contributed by atoms with Crippen molar-refractivity contribution in [3.63, 3.8) is 0 Å². The van der Waals surface area contributed by atoms with E-state index >= 15 is 0 Å². The number of amides is 1. The molecule has 7 heteroatoms. The Morgan fingerprint density at radius 1 is 0.857 bits per heavy atom. The highest BCUT2D eigenvalue weighted by atomic mass is 16.5. The Labute approximate surface area is 246 Å². The molecular formula is C35H37N5O2. The van der Waals surface area contributed by atoms with Gasteiger partial charge in [-0.25, -0.2) is 0 Å². The second-order valence-electron chi connectivity index (χ2n) is 11.3. The molecule has 1 heterocycles. The van der Waals surface area contributed by atoms with E-state index in [0.29, 0.717) is 31.0 Å². The summed E-state index contributed by atoms with van der Waals surface area (Å²) in [5.41, 5.74) is 17.4. The molecule has 6 N–H and O–H groups in total. The first-order chi connectivity index (χ1) is 20.5. The number of aromatic nitrogens is 1. The van der Waals surface area contributed by atoms with Gasteiger partial charge in [-0.15, -0.1) is 0 Å². The lowest BCUT2D eigenvalue weighted by atomic mass is 9.92. The van der Waals surface area contributed by atoms with E-state index in [-0.39, 0.29) is 23.8 Å². The number of amidine groups is 1. The van der Waals surface area contributed by atoms with Gasteiger partial charge in [0.05, 0.1) is 13.2 Å².